The van der Waals surface area contributed by atoms with Gasteiger partial charge in [0, 0.05) is 3.57 Å². The van der Waals surface area contributed by atoms with Gasteiger partial charge in [-0.1, -0.05) is 0 Å². The molecule has 82 valence electrons. The lowest BCUT2D eigenvalue weighted by atomic mass is 10.1. The van der Waals surface area contributed by atoms with Crippen LogP contribution in [0.15, 0.2) is 18.2 Å². The van der Waals surface area contributed by atoms with Gasteiger partial charge in [-0.25, -0.2) is 0 Å². The highest BCUT2D eigenvalue weighted by atomic mass is 127. The Labute approximate surface area is 103 Å². The molecule has 0 unspecified atom stereocenters. The maximum absolute atomic E-state index is 11.3. The van der Waals surface area contributed by atoms with Gasteiger partial charge in [0.2, 0.25) is 0 Å². The highest BCUT2D eigenvalue weighted by Crippen LogP contribution is 2.20. The summed E-state index contributed by atoms with van der Waals surface area (Å²) in [5, 5.41) is 0. The third-order valence-electron chi connectivity index (χ3n) is 1.89. The Kier molecular flexibility index (Phi) is 4.87. The molecule has 0 saturated carbocycles. The second kappa shape index (κ2) is 5.95. The Bertz CT molecular complexity index is 350. The van der Waals surface area contributed by atoms with Crippen molar-refractivity contribution in [3.8, 4) is 5.75 Å². The largest absolute Gasteiger partial charge is 0.497 e. The average Bonchev–Trinajstić information content (AvgIpc) is 2.21. The zero-order chi connectivity index (χ0) is 11.3. The van der Waals surface area contributed by atoms with Crippen LogP contribution in [0.3, 0.4) is 0 Å². The summed E-state index contributed by atoms with van der Waals surface area (Å²) in [5.41, 5.74) is 0.938. The van der Waals surface area contributed by atoms with Crippen molar-refractivity contribution in [1.82, 2.24) is 0 Å². The minimum Gasteiger partial charge on any atom is -0.497 e. The van der Waals surface area contributed by atoms with Crippen LogP contribution in [-0.2, 0) is 16.0 Å². The van der Waals surface area contributed by atoms with E-state index in [-0.39, 0.29) is 5.97 Å². The Morgan fingerprint density at radius 1 is 1.47 bits per heavy atom. The lowest BCUT2D eigenvalue weighted by Gasteiger charge is -2.06. The van der Waals surface area contributed by atoms with E-state index in [1.165, 1.54) is 0 Å². The van der Waals surface area contributed by atoms with E-state index in [4.69, 9.17) is 9.47 Å². The van der Waals surface area contributed by atoms with Crippen molar-refractivity contribution in [3.05, 3.63) is 27.3 Å². The fourth-order valence-corrected chi connectivity index (χ4v) is 1.71. The molecule has 0 N–H and O–H groups in total. The molecular formula is C11H13IO3. The molecule has 15 heavy (non-hydrogen) atoms. The molecule has 0 aliphatic carbocycles. The fourth-order valence-electron chi connectivity index (χ4n) is 1.18. The van der Waals surface area contributed by atoms with Gasteiger partial charge < -0.3 is 9.47 Å². The number of ether oxygens (including phenoxy) is 2. The number of carbonyl (C=O) groups is 1. The van der Waals surface area contributed by atoms with E-state index in [1.807, 2.05) is 18.2 Å². The van der Waals surface area contributed by atoms with Crippen molar-refractivity contribution >= 4 is 28.6 Å². The molecule has 0 aliphatic rings. The third-order valence-corrected chi connectivity index (χ3v) is 2.95. The molecular weight excluding hydrogens is 307 g/mol. The zero-order valence-electron chi connectivity index (χ0n) is 8.75. The maximum Gasteiger partial charge on any atom is 0.310 e. The quantitative estimate of drug-likeness (QED) is 0.631. The predicted molar refractivity (Wildman–Crippen MR) is 66.0 cm³/mol. The van der Waals surface area contributed by atoms with Gasteiger partial charge in [-0.3, -0.25) is 4.79 Å². The Morgan fingerprint density at radius 3 is 2.80 bits per heavy atom. The molecule has 0 fully saturated rings. The van der Waals surface area contributed by atoms with Crippen molar-refractivity contribution in [2.75, 3.05) is 13.7 Å². The number of rotatable bonds is 4. The molecule has 0 atom stereocenters. The smallest absolute Gasteiger partial charge is 0.310 e. The van der Waals surface area contributed by atoms with Crippen molar-refractivity contribution in [1.29, 1.82) is 0 Å². The van der Waals surface area contributed by atoms with Gasteiger partial charge in [0.15, 0.2) is 0 Å². The lowest BCUT2D eigenvalue weighted by molar-refractivity contribution is -0.142. The van der Waals surface area contributed by atoms with Gasteiger partial charge in [0.25, 0.3) is 0 Å². The summed E-state index contributed by atoms with van der Waals surface area (Å²) in [6, 6.07) is 5.66. The first kappa shape index (κ1) is 12.3. The van der Waals surface area contributed by atoms with E-state index in [1.54, 1.807) is 14.0 Å². The van der Waals surface area contributed by atoms with Crippen LogP contribution >= 0.6 is 22.6 Å². The molecule has 0 aromatic heterocycles. The monoisotopic (exact) mass is 320 g/mol. The summed E-state index contributed by atoms with van der Waals surface area (Å²) >= 11 is 2.19. The molecule has 0 saturated heterocycles. The summed E-state index contributed by atoms with van der Waals surface area (Å²) in [6.45, 7) is 2.22. The average molecular weight is 320 g/mol. The first-order valence-corrected chi connectivity index (χ1v) is 5.73. The fraction of sp³-hybridized carbons (Fsp3) is 0.364. The molecule has 1 rings (SSSR count). The number of carbonyl (C=O) groups excluding carboxylic acids is 1. The number of halogens is 1. The molecule has 0 amide bonds. The molecule has 3 nitrogen and oxygen atoms in total. The zero-order valence-corrected chi connectivity index (χ0v) is 10.9. The van der Waals surface area contributed by atoms with E-state index >= 15 is 0 Å². The highest BCUT2D eigenvalue weighted by molar-refractivity contribution is 14.1. The molecule has 0 bridgehead atoms. The number of hydrogen-bond acceptors (Lipinski definition) is 3. The third kappa shape index (κ3) is 3.70. The first-order valence-electron chi connectivity index (χ1n) is 4.65. The topological polar surface area (TPSA) is 35.5 Å². The van der Waals surface area contributed by atoms with Crippen LogP contribution in [0.4, 0.5) is 0 Å². The van der Waals surface area contributed by atoms with E-state index in [2.05, 4.69) is 22.6 Å². The van der Waals surface area contributed by atoms with Crippen LogP contribution in [0.5, 0.6) is 5.75 Å². The SMILES string of the molecule is CCOC(=O)Cc1cc(OC)ccc1I. The normalized spacial score (nSPS) is 9.80. The maximum atomic E-state index is 11.3. The summed E-state index contributed by atoms with van der Waals surface area (Å²) in [5.74, 6) is 0.554. The Morgan fingerprint density at radius 2 is 2.20 bits per heavy atom. The molecule has 0 heterocycles. The van der Waals surface area contributed by atoms with Crippen LogP contribution in [0.25, 0.3) is 0 Å². The number of benzene rings is 1. The second-order valence-electron chi connectivity index (χ2n) is 2.94. The van der Waals surface area contributed by atoms with E-state index < -0.39 is 0 Å². The summed E-state index contributed by atoms with van der Waals surface area (Å²) in [6.07, 6.45) is 0.295. The van der Waals surface area contributed by atoms with E-state index in [9.17, 15) is 4.79 Å². The summed E-state index contributed by atoms with van der Waals surface area (Å²) in [4.78, 5) is 11.3. The number of esters is 1. The van der Waals surface area contributed by atoms with E-state index in [0.29, 0.717) is 13.0 Å². The Hall–Kier alpha value is -0.780. The predicted octanol–water partition coefficient (Wildman–Crippen LogP) is 2.41. The van der Waals surface area contributed by atoms with Crippen LogP contribution in [0.1, 0.15) is 12.5 Å². The van der Waals surface area contributed by atoms with Crippen molar-refractivity contribution < 1.29 is 14.3 Å². The lowest BCUT2D eigenvalue weighted by Crippen LogP contribution is -2.08. The summed E-state index contributed by atoms with van der Waals surface area (Å²) in [7, 11) is 1.61. The number of hydrogen-bond donors (Lipinski definition) is 0. The molecule has 1 aromatic rings. The van der Waals surface area contributed by atoms with Gasteiger partial charge >= 0.3 is 5.97 Å². The standard InChI is InChI=1S/C11H13IO3/c1-3-15-11(13)7-8-6-9(14-2)4-5-10(8)12/h4-6H,3,7H2,1-2H3. The van der Waals surface area contributed by atoms with Gasteiger partial charge in [0.05, 0.1) is 20.1 Å². The second-order valence-corrected chi connectivity index (χ2v) is 4.10. The van der Waals surface area contributed by atoms with Crippen LogP contribution in [0.2, 0.25) is 0 Å². The van der Waals surface area contributed by atoms with Gasteiger partial charge in [-0.15, -0.1) is 0 Å². The summed E-state index contributed by atoms with van der Waals surface area (Å²) < 4.78 is 11.0. The molecule has 0 radical (unpaired) electrons. The first-order chi connectivity index (χ1) is 7.17. The van der Waals surface area contributed by atoms with Gasteiger partial charge in [0.1, 0.15) is 5.75 Å². The van der Waals surface area contributed by atoms with Crippen molar-refractivity contribution in [3.63, 3.8) is 0 Å². The number of methoxy groups -OCH3 is 1. The van der Waals surface area contributed by atoms with Crippen LogP contribution in [-0.4, -0.2) is 19.7 Å². The highest BCUT2D eigenvalue weighted by Gasteiger charge is 2.08. The minimum absolute atomic E-state index is 0.205. The molecule has 0 aliphatic heterocycles. The van der Waals surface area contributed by atoms with Crippen molar-refractivity contribution in [2.45, 2.75) is 13.3 Å². The molecule has 0 spiro atoms. The van der Waals surface area contributed by atoms with Gasteiger partial charge in [-0.2, -0.15) is 0 Å². The van der Waals surface area contributed by atoms with E-state index in [0.717, 1.165) is 14.9 Å². The Balaban J connectivity index is 2.79. The minimum atomic E-state index is -0.205. The van der Waals surface area contributed by atoms with Crippen molar-refractivity contribution in [2.24, 2.45) is 0 Å². The van der Waals surface area contributed by atoms with Crippen LogP contribution < -0.4 is 4.74 Å². The van der Waals surface area contributed by atoms with Crippen LogP contribution in [0, 0.1) is 3.57 Å². The molecule has 1 aromatic carbocycles. The van der Waals surface area contributed by atoms with Gasteiger partial charge in [-0.05, 0) is 53.3 Å². The molecule has 4 heteroatoms.